The Bertz CT molecular complexity index is 275. The summed E-state index contributed by atoms with van der Waals surface area (Å²) in [5, 5.41) is 3.91. The molecule has 1 nitrogen and oxygen atoms in total. The molecular formula is C20H39N. The van der Waals surface area contributed by atoms with Gasteiger partial charge in [-0.1, -0.05) is 59.3 Å². The van der Waals surface area contributed by atoms with Crippen LogP contribution in [0.2, 0.25) is 0 Å². The predicted octanol–water partition coefficient (Wildman–Crippen LogP) is 5.79. The molecule has 5 atom stereocenters. The van der Waals surface area contributed by atoms with Crippen molar-refractivity contribution in [3.8, 4) is 0 Å². The van der Waals surface area contributed by atoms with E-state index in [2.05, 4.69) is 26.1 Å². The topological polar surface area (TPSA) is 12.0 Å². The van der Waals surface area contributed by atoms with Crippen LogP contribution < -0.4 is 5.32 Å². The van der Waals surface area contributed by atoms with Gasteiger partial charge in [-0.05, 0) is 62.3 Å². The zero-order valence-electron chi connectivity index (χ0n) is 14.9. The van der Waals surface area contributed by atoms with E-state index in [0.717, 1.165) is 29.7 Å². The van der Waals surface area contributed by atoms with Gasteiger partial charge in [0.1, 0.15) is 0 Å². The third kappa shape index (κ3) is 5.58. The van der Waals surface area contributed by atoms with Crippen LogP contribution in [-0.2, 0) is 0 Å². The minimum atomic E-state index is 0.812. The second-order valence-corrected chi connectivity index (χ2v) is 8.22. The fraction of sp³-hybridized carbons (Fsp3) is 1.00. The lowest BCUT2D eigenvalue weighted by Crippen LogP contribution is -2.45. The maximum atomic E-state index is 3.91. The van der Waals surface area contributed by atoms with Gasteiger partial charge < -0.3 is 5.32 Å². The number of nitrogens with one attached hydrogen (secondary N) is 1. The maximum Gasteiger partial charge on any atom is 0.00955 e. The van der Waals surface area contributed by atoms with Crippen LogP contribution in [0.5, 0.6) is 0 Å². The normalized spacial score (nSPS) is 36.4. The van der Waals surface area contributed by atoms with E-state index in [-0.39, 0.29) is 0 Å². The summed E-state index contributed by atoms with van der Waals surface area (Å²) in [5.41, 5.74) is 0. The Morgan fingerprint density at radius 1 is 0.810 bits per heavy atom. The van der Waals surface area contributed by atoms with Crippen molar-refractivity contribution in [2.24, 2.45) is 23.7 Å². The number of rotatable bonds is 8. The van der Waals surface area contributed by atoms with Crippen molar-refractivity contribution in [1.29, 1.82) is 0 Å². The molecule has 0 spiro atoms. The van der Waals surface area contributed by atoms with Crippen LogP contribution in [0, 0.1) is 23.7 Å². The molecule has 124 valence electrons. The zero-order valence-corrected chi connectivity index (χ0v) is 14.9. The lowest BCUT2D eigenvalue weighted by atomic mass is 9.64. The third-order valence-electron chi connectivity index (χ3n) is 6.26. The molecule has 2 aliphatic rings. The molecule has 0 aromatic rings. The lowest BCUT2D eigenvalue weighted by Gasteiger charge is -2.45. The second-order valence-electron chi connectivity index (χ2n) is 8.22. The standard InChI is InChI=1S/C20H39N/c1-4-5-6-7-8-9-12-21-20-15-19-13-16(2)10-11-18(19)14-17(20)3/h16-21H,4-15H2,1-3H3. The van der Waals surface area contributed by atoms with Crippen molar-refractivity contribution in [3.05, 3.63) is 0 Å². The van der Waals surface area contributed by atoms with Crippen molar-refractivity contribution in [2.45, 2.75) is 97.4 Å². The molecule has 2 rings (SSSR count). The van der Waals surface area contributed by atoms with Gasteiger partial charge in [-0.25, -0.2) is 0 Å². The molecule has 1 heteroatoms. The van der Waals surface area contributed by atoms with Gasteiger partial charge >= 0.3 is 0 Å². The fourth-order valence-electron chi connectivity index (χ4n) is 4.84. The molecule has 1 N–H and O–H groups in total. The average Bonchev–Trinajstić information content (AvgIpc) is 2.47. The Labute approximate surface area is 133 Å². The molecule has 0 heterocycles. The zero-order chi connectivity index (χ0) is 15.1. The van der Waals surface area contributed by atoms with Crippen molar-refractivity contribution < 1.29 is 0 Å². The first-order valence-corrected chi connectivity index (χ1v) is 9.94. The molecular weight excluding hydrogens is 254 g/mol. The summed E-state index contributed by atoms with van der Waals surface area (Å²) in [6.45, 7) is 8.51. The molecule has 0 radical (unpaired) electrons. The minimum absolute atomic E-state index is 0.812. The maximum absolute atomic E-state index is 3.91. The largest absolute Gasteiger partial charge is 0.314 e. The molecule has 0 aromatic carbocycles. The molecule has 0 bridgehead atoms. The summed E-state index contributed by atoms with van der Waals surface area (Å²) in [6, 6.07) is 0.812. The number of hydrogen-bond donors (Lipinski definition) is 1. The van der Waals surface area contributed by atoms with Crippen molar-refractivity contribution in [3.63, 3.8) is 0 Å². The van der Waals surface area contributed by atoms with E-state index < -0.39 is 0 Å². The molecule has 21 heavy (non-hydrogen) atoms. The SMILES string of the molecule is CCCCCCCCNC1CC2CC(C)CCC2CC1C. The van der Waals surface area contributed by atoms with Crippen LogP contribution in [0.25, 0.3) is 0 Å². The van der Waals surface area contributed by atoms with Gasteiger partial charge in [-0.2, -0.15) is 0 Å². The summed E-state index contributed by atoms with van der Waals surface area (Å²) >= 11 is 0. The Morgan fingerprint density at radius 2 is 1.57 bits per heavy atom. The smallest absolute Gasteiger partial charge is 0.00955 e. The number of hydrogen-bond acceptors (Lipinski definition) is 1. The summed E-state index contributed by atoms with van der Waals surface area (Å²) in [6.07, 6.45) is 16.0. The van der Waals surface area contributed by atoms with E-state index in [4.69, 9.17) is 0 Å². The second kappa shape index (κ2) is 9.18. The van der Waals surface area contributed by atoms with Crippen molar-refractivity contribution >= 4 is 0 Å². The summed E-state index contributed by atoms with van der Waals surface area (Å²) < 4.78 is 0. The van der Waals surface area contributed by atoms with Crippen LogP contribution in [0.1, 0.15) is 91.4 Å². The van der Waals surface area contributed by atoms with Gasteiger partial charge in [0, 0.05) is 6.04 Å². The average molecular weight is 294 g/mol. The van der Waals surface area contributed by atoms with E-state index in [0.29, 0.717) is 0 Å². The van der Waals surface area contributed by atoms with E-state index >= 15 is 0 Å². The van der Waals surface area contributed by atoms with Gasteiger partial charge in [0.05, 0.1) is 0 Å². The van der Waals surface area contributed by atoms with Crippen molar-refractivity contribution in [1.82, 2.24) is 5.32 Å². The van der Waals surface area contributed by atoms with E-state index in [9.17, 15) is 0 Å². The van der Waals surface area contributed by atoms with Gasteiger partial charge in [0.25, 0.3) is 0 Å². The first-order chi connectivity index (χ1) is 10.2. The molecule has 0 saturated heterocycles. The summed E-state index contributed by atoms with van der Waals surface area (Å²) in [4.78, 5) is 0. The van der Waals surface area contributed by atoms with E-state index in [1.165, 1.54) is 77.2 Å². The highest BCUT2D eigenvalue weighted by molar-refractivity contribution is 4.90. The van der Waals surface area contributed by atoms with Crippen LogP contribution in [0.3, 0.4) is 0 Å². The highest BCUT2D eigenvalue weighted by Crippen LogP contribution is 2.44. The predicted molar refractivity (Wildman–Crippen MR) is 93.6 cm³/mol. The third-order valence-corrected chi connectivity index (χ3v) is 6.26. The van der Waals surface area contributed by atoms with Crippen LogP contribution >= 0.6 is 0 Å². The highest BCUT2D eigenvalue weighted by Gasteiger charge is 2.37. The highest BCUT2D eigenvalue weighted by atomic mass is 14.9. The van der Waals surface area contributed by atoms with Crippen LogP contribution in [0.4, 0.5) is 0 Å². The Kier molecular flexibility index (Phi) is 7.57. The minimum Gasteiger partial charge on any atom is -0.314 e. The van der Waals surface area contributed by atoms with Crippen LogP contribution in [-0.4, -0.2) is 12.6 Å². The quantitative estimate of drug-likeness (QED) is 0.559. The lowest BCUT2D eigenvalue weighted by molar-refractivity contribution is 0.0825. The first-order valence-electron chi connectivity index (χ1n) is 9.94. The monoisotopic (exact) mass is 293 g/mol. The Hall–Kier alpha value is -0.0400. The van der Waals surface area contributed by atoms with E-state index in [1.54, 1.807) is 0 Å². The molecule has 5 unspecified atom stereocenters. The summed E-state index contributed by atoms with van der Waals surface area (Å²) in [7, 11) is 0. The van der Waals surface area contributed by atoms with Crippen LogP contribution in [0.15, 0.2) is 0 Å². The van der Waals surface area contributed by atoms with E-state index in [1.807, 2.05) is 0 Å². The molecule has 0 aliphatic heterocycles. The number of fused-ring (bicyclic) bond motifs is 1. The Morgan fingerprint density at radius 3 is 2.38 bits per heavy atom. The van der Waals surface area contributed by atoms with Gasteiger partial charge in [0.15, 0.2) is 0 Å². The molecule has 2 fully saturated rings. The number of unbranched alkanes of at least 4 members (excludes halogenated alkanes) is 5. The Balaban J connectivity index is 1.61. The molecule has 2 aliphatic carbocycles. The summed E-state index contributed by atoms with van der Waals surface area (Å²) in [5.74, 6) is 3.98. The molecule has 0 aromatic heterocycles. The van der Waals surface area contributed by atoms with Crippen molar-refractivity contribution in [2.75, 3.05) is 6.54 Å². The van der Waals surface area contributed by atoms with Gasteiger partial charge in [-0.3, -0.25) is 0 Å². The van der Waals surface area contributed by atoms with Gasteiger partial charge in [-0.15, -0.1) is 0 Å². The fourth-order valence-corrected chi connectivity index (χ4v) is 4.84. The first kappa shape index (κ1) is 17.3. The molecule has 2 saturated carbocycles. The molecule has 0 amide bonds. The van der Waals surface area contributed by atoms with Gasteiger partial charge in [0.2, 0.25) is 0 Å².